The monoisotopic (exact) mass is 464 g/mol. The number of carboxylic acid groups (broad SMARTS) is 1. The fourth-order valence-electron chi connectivity index (χ4n) is 4.04. The lowest BCUT2D eigenvalue weighted by molar-refractivity contribution is 0.0697. The third-order valence-corrected chi connectivity index (χ3v) is 6.18. The van der Waals surface area contributed by atoms with Crippen LogP contribution in [0.2, 0.25) is 5.02 Å². The molecule has 6 nitrogen and oxygen atoms in total. The number of hydrogen-bond acceptors (Lipinski definition) is 4. The summed E-state index contributed by atoms with van der Waals surface area (Å²) in [5.74, 6) is 0.746. The number of phenolic OH excluding ortho intramolecular Hbond substituents is 1. The number of benzene rings is 3. The predicted molar refractivity (Wildman–Crippen MR) is 129 cm³/mol. The van der Waals surface area contributed by atoms with Crippen LogP contribution in [0, 0.1) is 13.8 Å². The Labute approximate surface area is 197 Å². The molecule has 7 heteroatoms. The third kappa shape index (κ3) is 4.39. The molecule has 170 valence electrons. The smallest absolute Gasteiger partial charge is 0.337 e. The van der Waals surface area contributed by atoms with Gasteiger partial charge in [0.05, 0.1) is 16.1 Å². The third-order valence-electron chi connectivity index (χ3n) is 5.73. The van der Waals surface area contributed by atoms with Crippen molar-refractivity contribution >= 4 is 28.6 Å². The van der Waals surface area contributed by atoms with Gasteiger partial charge in [0.25, 0.3) is 0 Å². The molecule has 1 heterocycles. The van der Waals surface area contributed by atoms with Crippen molar-refractivity contribution in [3.8, 4) is 11.5 Å². The largest absolute Gasteiger partial charge is 0.505 e. The molecule has 0 bridgehead atoms. The summed E-state index contributed by atoms with van der Waals surface area (Å²) in [6.45, 7) is 6.77. The van der Waals surface area contributed by atoms with E-state index in [-0.39, 0.29) is 22.9 Å². The molecule has 0 atom stereocenters. The van der Waals surface area contributed by atoms with Crippen molar-refractivity contribution in [2.45, 2.75) is 40.3 Å². The van der Waals surface area contributed by atoms with Crippen LogP contribution in [0.15, 0.2) is 48.5 Å². The van der Waals surface area contributed by atoms with Crippen LogP contribution in [-0.4, -0.2) is 25.7 Å². The highest BCUT2D eigenvalue weighted by atomic mass is 35.5. The number of aryl methyl sites for hydroxylation is 3. The van der Waals surface area contributed by atoms with Gasteiger partial charge < -0.3 is 19.5 Å². The van der Waals surface area contributed by atoms with Gasteiger partial charge in [-0.3, -0.25) is 0 Å². The number of imidazole rings is 1. The number of aromatic hydroxyl groups is 1. The van der Waals surface area contributed by atoms with Gasteiger partial charge in [-0.25, -0.2) is 9.78 Å². The summed E-state index contributed by atoms with van der Waals surface area (Å²) in [6, 6.07) is 14.6. The van der Waals surface area contributed by atoms with Crippen molar-refractivity contribution < 1.29 is 19.7 Å². The number of hydrogen-bond donors (Lipinski definition) is 2. The van der Waals surface area contributed by atoms with Gasteiger partial charge in [0, 0.05) is 18.5 Å². The van der Waals surface area contributed by atoms with Crippen LogP contribution in [0.3, 0.4) is 0 Å². The lowest BCUT2D eigenvalue weighted by Gasteiger charge is -2.12. The van der Waals surface area contributed by atoms with E-state index in [1.165, 1.54) is 6.07 Å². The van der Waals surface area contributed by atoms with Gasteiger partial charge in [0.1, 0.15) is 29.4 Å². The lowest BCUT2D eigenvalue weighted by atomic mass is 10.1. The van der Waals surface area contributed by atoms with Gasteiger partial charge in [0.2, 0.25) is 0 Å². The molecule has 0 saturated carbocycles. The second-order valence-corrected chi connectivity index (χ2v) is 8.42. The summed E-state index contributed by atoms with van der Waals surface area (Å²) in [7, 11) is 0. The summed E-state index contributed by atoms with van der Waals surface area (Å²) in [5.41, 5.74) is 5.23. The number of aromatic nitrogens is 2. The number of aromatic carboxylic acids is 1. The molecule has 0 unspecified atom stereocenters. The van der Waals surface area contributed by atoms with E-state index in [4.69, 9.17) is 21.3 Å². The number of carbonyl (C=O) groups is 1. The summed E-state index contributed by atoms with van der Waals surface area (Å²) in [4.78, 5) is 15.9. The van der Waals surface area contributed by atoms with Crippen molar-refractivity contribution in [3.63, 3.8) is 0 Å². The molecule has 0 spiro atoms. The molecular formula is C26H25ClN2O4. The van der Waals surface area contributed by atoms with Crippen molar-refractivity contribution in [1.82, 2.24) is 9.55 Å². The minimum absolute atomic E-state index is 0.0592. The maximum absolute atomic E-state index is 11.3. The maximum atomic E-state index is 11.3. The molecule has 0 aliphatic carbocycles. The molecule has 2 N–H and O–H groups in total. The van der Waals surface area contributed by atoms with Gasteiger partial charge in [-0.05, 0) is 48.7 Å². The molecule has 0 radical (unpaired) electrons. The zero-order valence-corrected chi connectivity index (χ0v) is 19.5. The van der Waals surface area contributed by atoms with E-state index < -0.39 is 5.97 Å². The minimum atomic E-state index is -1.07. The van der Waals surface area contributed by atoms with Crippen LogP contribution in [0.5, 0.6) is 11.5 Å². The summed E-state index contributed by atoms with van der Waals surface area (Å²) < 4.78 is 7.98. The fraction of sp³-hybridized carbons (Fsp3) is 0.231. The molecule has 3 aromatic carbocycles. The normalized spacial score (nSPS) is 11.2. The molecular weight excluding hydrogens is 440 g/mol. The van der Waals surface area contributed by atoms with Gasteiger partial charge in [-0.1, -0.05) is 48.9 Å². The fourth-order valence-corrected chi connectivity index (χ4v) is 4.31. The molecule has 0 aliphatic heterocycles. The zero-order valence-electron chi connectivity index (χ0n) is 18.7. The van der Waals surface area contributed by atoms with E-state index in [2.05, 4.69) is 11.5 Å². The Bertz CT molecular complexity index is 1340. The van der Waals surface area contributed by atoms with E-state index in [1.807, 2.05) is 44.2 Å². The Kier molecular flexibility index (Phi) is 6.29. The Morgan fingerprint density at radius 2 is 1.85 bits per heavy atom. The summed E-state index contributed by atoms with van der Waals surface area (Å²) in [5, 5.41) is 19.9. The highest BCUT2D eigenvalue weighted by Crippen LogP contribution is 2.32. The van der Waals surface area contributed by atoms with Crippen LogP contribution < -0.4 is 4.74 Å². The van der Waals surface area contributed by atoms with E-state index in [9.17, 15) is 15.0 Å². The van der Waals surface area contributed by atoms with Gasteiger partial charge in [-0.2, -0.15) is 0 Å². The van der Waals surface area contributed by atoms with Gasteiger partial charge >= 0.3 is 5.97 Å². The van der Waals surface area contributed by atoms with Crippen LogP contribution in [-0.2, 0) is 19.6 Å². The van der Waals surface area contributed by atoms with E-state index in [0.29, 0.717) is 23.4 Å². The van der Waals surface area contributed by atoms with Crippen molar-refractivity contribution in [2.75, 3.05) is 0 Å². The molecule has 0 fully saturated rings. The molecule has 4 aromatic rings. The van der Waals surface area contributed by atoms with Crippen molar-refractivity contribution in [3.05, 3.63) is 87.2 Å². The second-order valence-electron chi connectivity index (χ2n) is 8.04. The Balaban J connectivity index is 1.54. The van der Waals surface area contributed by atoms with Crippen molar-refractivity contribution in [1.29, 1.82) is 0 Å². The zero-order chi connectivity index (χ0) is 23.7. The van der Waals surface area contributed by atoms with Crippen LogP contribution in [0.4, 0.5) is 0 Å². The van der Waals surface area contributed by atoms with Gasteiger partial charge in [-0.15, -0.1) is 0 Å². The van der Waals surface area contributed by atoms with Gasteiger partial charge in [0.15, 0.2) is 0 Å². The standard InChI is InChI=1S/C26H25ClN2O4/c1-4-21-28-23-24(15(2)12-16(3)25(23)30)29(21)13-17-8-10-19(11-9-17)33-14-18-6-5-7-20(22(18)27)26(31)32/h5-12,30H,4,13-14H2,1-3H3,(H,31,32). The number of phenols is 1. The molecule has 0 saturated heterocycles. The Morgan fingerprint density at radius 1 is 1.12 bits per heavy atom. The first kappa shape index (κ1) is 22.7. The SMILES string of the molecule is CCc1nc2c(O)c(C)cc(C)c2n1Cc1ccc(OCc2cccc(C(=O)O)c2Cl)cc1. The van der Waals surface area contributed by atoms with E-state index in [0.717, 1.165) is 34.5 Å². The van der Waals surface area contributed by atoms with Crippen LogP contribution in [0.1, 0.15) is 45.4 Å². The molecule has 0 aliphatic rings. The van der Waals surface area contributed by atoms with Crippen LogP contribution in [0.25, 0.3) is 11.0 Å². The predicted octanol–water partition coefficient (Wildman–Crippen LogP) is 5.90. The number of rotatable bonds is 7. The van der Waals surface area contributed by atoms with E-state index >= 15 is 0 Å². The second kappa shape index (κ2) is 9.16. The van der Waals surface area contributed by atoms with Crippen LogP contribution >= 0.6 is 11.6 Å². The molecule has 0 amide bonds. The first-order valence-corrected chi connectivity index (χ1v) is 11.1. The topological polar surface area (TPSA) is 84.6 Å². The average Bonchev–Trinajstić information content (AvgIpc) is 3.16. The number of nitrogens with zero attached hydrogens (tertiary/aromatic N) is 2. The summed E-state index contributed by atoms with van der Waals surface area (Å²) >= 11 is 6.20. The number of fused-ring (bicyclic) bond motifs is 1. The molecule has 1 aromatic heterocycles. The lowest BCUT2D eigenvalue weighted by Crippen LogP contribution is -2.05. The maximum Gasteiger partial charge on any atom is 0.337 e. The summed E-state index contributed by atoms with van der Waals surface area (Å²) in [6.07, 6.45) is 0.754. The first-order chi connectivity index (χ1) is 15.8. The van der Waals surface area contributed by atoms with Crippen molar-refractivity contribution in [2.24, 2.45) is 0 Å². The highest BCUT2D eigenvalue weighted by Gasteiger charge is 2.17. The Morgan fingerprint density at radius 3 is 2.52 bits per heavy atom. The minimum Gasteiger partial charge on any atom is -0.505 e. The Hall–Kier alpha value is -3.51. The number of ether oxygens (including phenoxy) is 1. The number of carboxylic acids is 1. The first-order valence-electron chi connectivity index (χ1n) is 10.7. The molecule has 4 rings (SSSR count). The molecule has 33 heavy (non-hydrogen) atoms. The number of halogens is 1. The average molecular weight is 465 g/mol. The highest BCUT2D eigenvalue weighted by molar-refractivity contribution is 6.34. The van der Waals surface area contributed by atoms with E-state index in [1.54, 1.807) is 12.1 Å². The quantitative estimate of drug-likeness (QED) is 0.355.